The summed E-state index contributed by atoms with van der Waals surface area (Å²) in [7, 11) is 0. The third-order valence-corrected chi connectivity index (χ3v) is 6.27. The number of aliphatic carboxylic acids is 1. The van der Waals surface area contributed by atoms with Crippen LogP contribution in [-0.4, -0.2) is 31.9 Å². The van der Waals surface area contributed by atoms with Crippen LogP contribution in [0.5, 0.6) is 5.75 Å². The maximum absolute atomic E-state index is 13.9. The minimum atomic E-state index is -1.19. The molecule has 0 spiro atoms. The third kappa shape index (κ3) is 5.66. The molecule has 2 heterocycles. The highest BCUT2D eigenvalue weighted by molar-refractivity contribution is 5.99. The lowest BCUT2D eigenvalue weighted by Crippen LogP contribution is -2.27. The molecule has 0 aliphatic carbocycles. The first-order valence-electron chi connectivity index (χ1n) is 12.0. The number of carbonyl (C=O) groups is 2. The summed E-state index contributed by atoms with van der Waals surface area (Å²) in [6.45, 7) is -0.164. The highest BCUT2D eigenvalue weighted by Gasteiger charge is 2.24. The molecule has 3 aromatic carbocycles. The summed E-state index contributed by atoms with van der Waals surface area (Å²) < 4.78 is 39.2. The van der Waals surface area contributed by atoms with Crippen molar-refractivity contribution in [3.05, 3.63) is 100 Å². The number of aryl methyl sites for hydroxylation is 1. The first kappa shape index (κ1) is 25.7. The van der Waals surface area contributed by atoms with Crippen molar-refractivity contribution in [2.24, 2.45) is 5.92 Å². The summed E-state index contributed by atoms with van der Waals surface area (Å²) in [5.41, 5.74) is 0.595. The van der Waals surface area contributed by atoms with Gasteiger partial charge in [0.1, 0.15) is 35.1 Å². The fraction of sp³-hybridized carbons (Fsp3) is 0.179. The van der Waals surface area contributed by atoms with Crippen LogP contribution in [0.15, 0.2) is 75.9 Å². The fourth-order valence-electron chi connectivity index (χ4n) is 4.13. The van der Waals surface area contributed by atoms with E-state index >= 15 is 0 Å². The smallest absolute Gasteiger partial charge is 0.307 e. The number of Topliss-reactive ketones (excluding diaryl/α,β-unsaturated/α-hetero) is 1. The van der Waals surface area contributed by atoms with E-state index in [-0.39, 0.29) is 37.3 Å². The molecule has 198 valence electrons. The molecule has 0 aliphatic heterocycles. The monoisotopic (exact) mass is 533 g/mol. The molecule has 0 bridgehead atoms. The van der Waals surface area contributed by atoms with E-state index < -0.39 is 34.9 Å². The van der Waals surface area contributed by atoms with Gasteiger partial charge in [0.2, 0.25) is 0 Å². The number of hydrogen-bond acceptors (Lipinski definition) is 7. The van der Waals surface area contributed by atoms with Crippen LogP contribution in [-0.2, 0) is 17.9 Å². The van der Waals surface area contributed by atoms with Crippen molar-refractivity contribution < 1.29 is 32.6 Å². The van der Waals surface area contributed by atoms with E-state index in [2.05, 4.69) is 10.3 Å². The molecule has 9 nitrogen and oxygen atoms in total. The van der Waals surface area contributed by atoms with E-state index in [4.69, 9.17) is 9.15 Å². The molecule has 11 heteroatoms. The van der Waals surface area contributed by atoms with Gasteiger partial charge >= 0.3 is 5.97 Å². The number of ether oxygens (including phenoxy) is 1. The van der Waals surface area contributed by atoms with Gasteiger partial charge < -0.3 is 14.3 Å². The van der Waals surface area contributed by atoms with Crippen LogP contribution >= 0.6 is 0 Å². The highest BCUT2D eigenvalue weighted by Crippen LogP contribution is 2.27. The van der Waals surface area contributed by atoms with Gasteiger partial charge in [0, 0.05) is 30.0 Å². The van der Waals surface area contributed by atoms with Gasteiger partial charge in [0.05, 0.1) is 11.3 Å². The summed E-state index contributed by atoms with van der Waals surface area (Å²) in [6.07, 6.45) is -0.371. The zero-order chi connectivity index (χ0) is 27.5. The van der Waals surface area contributed by atoms with Gasteiger partial charge in [-0.1, -0.05) is 17.3 Å². The molecule has 1 atom stereocenters. The fourth-order valence-corrected chi connectivity index (χ4v) is 4.13. The number of aromatic nitrogens is 3. The minimum Gasteiger partial charge on any atom is -0.489 e. The Hall–Kier alpha value is -4.93. The van der Waals surface area contributed by atoms with Crippen LogP contribution in [0, 0.1) is 17.6 Å². The number of furan rings is 1. The first-order valence-corrected chi connectivity index (χ1v) is 12.0. The average molecular weight is 533 g/mol. The van der Waals surface area contributed by atoms with E-state index in [0.29, 0.717) is 27.6 Å². The van der Waals surface area contributed by atoms with Gasteiger partial charge in [-0.15, -0.1) is 5.10 Å². The van der Waals surface area contributed by atoms with Gasteiger partial charge in [-0.25, -0.2) is 13.5 Å². The van der Waals surface area contributed by atoms with E-state index in [0.717, 1.165) is 16.8 Å². The Morgan fingerprint density at radius 1 is 1.05 bits per heavy atom. The number of carbonyl (C=O) groups excluding carboxylic acids is 1. The molecule has 0 saturated heterocycles. The number of fused-ring (bicyclic) bond motifs is 2. The van der Waals surface area contributed by atoms with Crippen LogP contribution < -0.4 is 10.3 Å². The lowest BCUT2D eigenvalue weighted by atomic mass is 9.98. The van der Waals surface area contributed by atoms with E-state index in [9.17, 15) is 28.3 Å². The molecule has 0 fully saturated rings. The summed E-state index contributed by atoms with van der Waals surface area (Å²) in [5.74, 6) is -3.86. The van der Waals surface area contributed by atoms with E-state index in [1.807, 2.05) is 0 Å². The Balaban J connectivity index is 1.25. The molecule has 2 aromatic heterocycles. The Labute approximate surface area is 219 Å². The molecule has 0 aliphatic rings. The SMILES string of the molecule is O=C(CC(CCn1nnc2ccccc2c1=O)C(=O)O)c1cc2cc(OCc3ccc(F)cc3F)ccc2o1. The van der Waals surface area contributed by atoms with Gasteiger partial charge in [0.15, 0.2) is 11.5 Å². The third-order valence-electron chi connectivity index (χ3n) is 6.27. The number of carboxylic acid groups (broad SMARTS) is 1. The predicted octanol–water partition coefficient (Wildman–Crippen LogP) is 4.76. The van der Waals surface area contributed by atoms with Gasteiger partial charge in [-0.3, -0.25) is 14.4 Å². The molecular formula is C28H21F2N3O6. The van der Waals surface area contributed by atoms with Crippen molar-refractivity contribution in [1.29, 1.82) is 0 Å². The average Bonchev–Trinajstić information content (AvgIpc) is 3.35. The molecule has 0 saturated carbocycles. The van der Waals surface area contributed by atoms with Crippen molar-refractivity contribution in [1.82, 2.24) is 15.0 Å². The molecule has 5 rings (SSSR count). The van der Waals surface area contributed by atoms with Crippen LogP contribution in [0.3, 0.4) is 0 Å². The van der Waals surface area contributed by atoms with Crippen molar-refractivity contribution in [3.63, 3.8) is 0 Å². The number of ketones is 1. The number of carboxylic acids is 1. The van der Waals surface area contributed by atoms with Gasteiger partial charge in [-0.05, 0) is 55.0 Å². The summed E-state index contributed by atoms with van der Waals surface area (Å²) in [6, 6.07) is 16.1. The Bertz CT molecular complexity index is 1760. The summed E-state index contributed by atoms with van der Waals surface area (Å²) in [4.78, 5) is 37.4. The molecular weight excluding hydrogens is 512 g/mol. The Morgan fingerprint density at radius 3 is 2.67 bits per heavy atom. The molecule has 39 heavy (non-hydrogen) atoms. The quantitative estimate of drug-likeness (QED) is 0.255. The molecule has 1 N–H and O–H groups in total. The summed E-state index contributed by atoms with van der Waals surface area (Å²) in [5, 5.41) is 18.4. The second kappa shape index (κ2) is 10.8. The zero-order valence-corrected chi connectivity index (χ0v) is 20.3. The number of benzene rings is 3. The van der Waals surface area contributed by atoms with Crippen molar-refractivity contribution >= 4 is 33.6 Å². The lowest BCUT2D eigenvalue weighted by Gasteiger charge is -2.11. The van der Waals surface area contributed by atoms with Crippen LogP contribution in [0.2, 0.25) is 0 Å². The number of halogens is 2. The van der Waals surface area contributed by atoms with Crippen molar-refractivity contribution in [2.45, 2.75) is 26.0 Å². The van der Waals surface area contributed by atoms with Crippen molar-refractivity contribution in [3.8, 4) is 5.75 Å². The molecule has 0 radical (unpaired) electrons. The zero-order valence-electron chi connectivity index (χ0n) is 20.3. The Morgan fingerprint density at radius 2 is 1.87 bits per heavy atom. The van der Waals surface area contributed by atoms with Crippen LogP contribution in [0.25, 0.3) is 21.9 Å². The largest absolute Gasteiger partial charge is 0.489 e. The van der Waals surface area contributed by atoms with Crippen molar-refractivity contribution in [2.75, 3.05) is 0 Å². The normalized spacial score (nSPS) is 12.1. The predicted molar refractivity (Wildman–Crippen MR) is 135 cm³/mol. The van der Waals surface area contributed by atoms with Crippen LogP contribution in [0.4, 0.5) is 8.78 Å². The molecule has 0 amide bonds. The second-order valence-electron chi connectivity index (χ2n) is 8.92. The topological polar surface area (TPSA) is 125 Å². The highest BCUT2D eigenvalue weighted by atomic mass is 19.1. The lowest BCUT2D eigenvalue weighted by molar-refractivity contribution is -0.142. The number of hydrogen-bond donors (Lipinski definition) is 1. The minimum absolute atomic E-state index is 0.0217. The van der Waals surface area contributed by atoms with Crippen LogP contribution in [0.1, 0.15) is 29.0 Å². The second-order valence-corrected chi connectivity index (χ2v) is 8.92. The van der Waals surface area contributed by atoms with Gasteiger partial charge in [0.25, 0.3) is 5.56 Å². The standard InChI is InChI=1S/C28H21F2N3O6/c29-19-6-5-17(22(30)14-19)15-38-20-7-8-25-18(11-20)13-26(39-25)24(34)12-16(28(36)37)9-10-33-27(35)21-3-1-2-4-23(21)31-32-33/h1-8,11,13-14,16H,9-10,12,15H2,(H,36,37). The van der Waals surface area contributed by atoms with E-state index in [1.165, 1.54) is 12.1 Å². The number of nitrogens with zero attached hydrogens (tertiary/aromatic N) is 3. The maximum atomic E-state index is 13.9. The molecule has 5 aromatic rings. The van der Waals surface area contributed by atoms with Gasteiger partial charge in [-0.2, -0.15) is 0 Å². The number of rotatable bonds is 10. The van der Waals surface area contributed by atoms with E-state index in [1.54, 1.807) is 42.5 Å². The first-order chi connectivity index (χ1) is 18.8. The maximum Gasteiger partial charge on any atom is 0.307 e. The summed E-state index contributed by atoms with van der Waals surface area (Å²) >= 11 is 0. The Kier molecular flexibility index (Phi) is 7.13. The molecule has 1 unspecified atom stereocenters.